The lowest BCUT2D eigenvalue weighted by atomic mass is 10.6. The van der Waals surface area contributed by atoms with Crippen LogP contribution >= 0.6 is 11.3 Å². The van der Waals surface area contributed by atoms with Crippen LogP contribution in [-0.2, 0) is 0 Å². The third kappa shape index (κ3) is 1.17. The molecule has 0 aromatic carbocycles. The third-order valence-corrected chi connectivity index (χ3v) is 1.66. The molecule has 0 atom stereocenters. The summed E-state index contributed by atoms with van der Waals surface area (Å²) in [5.41, 5.74) is 5.23. The molecule has 1 heterocycles. The highest BCUT2D eigenvalue weighted by Crippen LogP contribution is 2.24. The van der Waals surface area contributed by atoms with Crippen LogP contribution < -0.4 is 5.73 Å². The summed E-state index contributed by atoms with van der Waals surface area (Å²) in [5.74, 6) is 0. The van der Waals surface area contributed by atoms with Gasteiger partial charge in [0.15, 0.2) is 0 Å². The summed E-state index contributed by atoms with van der Waals surface area (Å²) in [6.45, 7) is 0. The van der Waals surface area contributed by atoms with Gasteiger partial charge in [-0.2, -0.15) is 0 Å². The van der Waals surface area contributed by atoms with E-state index in [1.807, 2.05) is 0 Å². The predicted octanol–water partition coefficient (Wildman–Crippen LogP) is 1.24. The summed E-state index contributed by atoms with van der Waals surface area (Å²) in [6, 6.07) is 2.91. The number of nitrogens with zero attached hydrogens (tertiary/aromatic N) is 1. The minimum Gasteiger partial charge on any atom is -0.390 e. The Balaban J connectivity index is 2.98. The highest BCUT2D eigenvalue weighted by molar-refractivity contribution is 7.18. The van der Waals surface area contributed by atoms with Crippen molar-refractivity contribution in [2.24, 2.45) is 0 Å². The number of hydrogen-bond acceptors (Lipinski definition) is 4. The van der Waals surface area contributed by atoms with Crippen molar-refractivity contribution >= 4 is 21.3 Å². The summed E-state index contributed by atoms with van der Waals surface area (Å²) in [6.07, 6.45) is 0. The minimum atomic E-state index is -0.457. The first-order valence-corrected chi connectivity index (χ1v) is 3.01. The number of anilines is 1. The maximum Gasteiger partial charge on any atom is 0.326 e. The first kappa shape index (κ1) is 6.03. The lowest BCUT2D eigenvalue weighted by Crippen LogP contribution is -1.80. The van der Waals surface area contributed by atoms with Crippen LogP contribution in [0.3, 0.4) is 0 Å². The molecule has 0 bridgehead atoms. The molecule has 0 amide bonds. The van der Waals surface area contributed by atoms with E-state index >= 15 is 0 Å². The van der Waals surface area contributed by atoms with Gasteiger partial charge in [-0.1, -0.05) is 0 Å². The van der Waals surface area contributed by atoms with E-state index in [4.69, 9.17) is 5.73 Å². The summed E-state index contributed by atoms with van der Waals surface area (Å²) < 4.78 is 0. The average Bonchev–Trinajstić information content (AvgIpc) is 2.14. The van der Waals surface area contributed by atoms with Crippen molar-refractivity contribution in [2.45, 2.75) is 0 Å². The SMILES string of the molecule is Nc1ccc([N+](=O)[O-])s1. The summed E-state index contributed by atoms with van der Waals surface area (Å²) in [4.78, 5) is 9.52. The molecule has 0 saturated heterocycles. The van der Waals surface area contributed by atoms with E-state index in [-0.39, 0.29) is 5.00 Å². The lowest BCUT2D eigenvalue weighted by Gasteiger charge is -1.78. The van der Waals surface area contributed by atoms with Gasteiger partial charge < -0.3 is 5.73 Å². The van der Waals surface area contributed by atoms with Crippen LogP contribution in [0.25, 0.3) is 0 Å². The van der Waals surface area contributed by atoms with Crippen LogP contribution in [0.2, 0.25) is 0 Å². The normalized spacial score (nSPS) is 9.33. The van der Waals surface area contributed by atoms with Gasteiger partial charge in [-0.25, -0.2) is 0 Å². The quantitative estimate of drug-likeness (QED) is 0.476. The van der Waals surface area contributed by atoms with E-state index in [1.54, 1.807) is 0 Å². The Morgan fingerprint density at radius 1 is 1.67 bits per heavy atom. The maximum atomic E-state index is 9.97. The highest BCUT2D eigenvalue weighted by Gasteiger charge is 2.06. The molecule has 5 heteroatoms. The zero-order valence-electron chi connectivity index (χ0n) is 4.40. The third-order valence-electron chi connectivity index (χ3n) is 0.793. The molecule has 0 spiro atoms. The fourth-order valence-electron chi connectivity index (χ4n) is 0.440. The van der Waals surface area contributed by atoms with E-state index in [2.05, 4.69) is 0 Å². The smallest absolute Gasteiger partial charge is 0.326 e. The Hall–Kier alpha value is -1.10. The standard InChI is InChI=1S/C4H4N2O2S/c5-3-1-2-4(9-3)6(7)8/h1-2H,5H2. The molecule has 2 N–H and O–H groups in total. The molecule has 0 aliphatic rings. The van der Waals surface area contributed by atoms with Gasteiger partial charge in [0.05, 0.1) is 9.92 Å². The second-order valence-electron chi connectivity index (χ2n) is 1.43. The van der Waals surface area contributed by atoms with Gasteiger partial charge >= 0.3 is 5.00 Å². The van der Waals surface area contributed by atoms with Crippen LogP contribution in [0.15, 0.2) is 12.1 Å². The molecule has 0 aliphatic carbocycles. The molecule has 0 aliphatic heterocycles. The zero-order chi connectivity index (χ0) is 6.85. The predicted molar refractivity (Wildman–Crippen MR) is 35.4 cm³/mol. The topological polar surface area (TPSA) is 69.2 Å². The number of hydrogen-bond donors (Lipinski definition) is 1. The number of rotatable bonds is 1. The zero-order valence-corrected chi connectivity index (χ0v) is 5.22. The molecule has 9 heavy (non-hydrogen) atoms. The van der Waals surface area contributed by atoms with Crippen molar-refractivity contribution in [3.8, 4) is 0 Å². The largest absolute Gasteiger partial charge is 0.390 e. The Kier molecular flexibility index (Phi) is 1.35. The van der Waals surface area contributed by atoms with Gasteiger partial charge in [-0.15, -0.1) is 0 Å². The van der Waals surface area contributed by atoms with E-state index in [9.17, 15) is 10.1 Å². The van der Waals surface area contributed by atoms with Gasteiger partial charge in [-0.05, 0) is 17.4 Å². The van der Waals surface area contributed by atoms with Gasteiger partial charge in [0.25, 0.3) is 0 Å². The molecule has 1 rings (SSSR count). The average molecular weight is 144 g/mol. The van der Waals surface area contributed by atoms with Crippen molar-refractivity contribution in [1.29, 1.82) is 0 Å². The molecule has 1 aromatic rings. The Labute approximate surface area is 55.1 Å². The highest BCUT2D eigenvalue weighted by atomic mass is 32.1. The number of nitro groups is 1. The Morgan fingerprint density at radius 2 is 2.33 bits per heavy atom. The first-order valence-electron chi connectivity index (χ1n) is 2.20. The molecule has 0 fully saturated rings. The number of nitrogens with two attached hydrogens (primary N) is 1. The molecule has 1 aromatic heterocycles. The van der Waals surface area contributed by atoms with Crippen LogP contribution in [-0.4, -0.2) is 4.92 Å². The number of thiophene rings is 1. The summed E-state index contributed by atoms with van der Waals surface area (Å²) in [7, 11) is 0. The van der Waals surface area contributed by atoms with Gasteiger partial charge in [-0.3, -0.25) is 10.1 Å². The molecule has 0 radical (unpaired) electrons. The molecular formula is C4H4N2O2S. The van der Waals surface area contributed by atoms with Crippen molar-refractivity contribution in [1.82, 2.24) is 0 Å². The molecule has 0 saturated carbocycles. The molecular weight excluding hydrogens is 140 g/mol. The Morgan fingerprint density at radius 3 is 2.56 bits per heavy atom. The fourth-order valence-corrected chi connectivity index (χ4v) is 1.03. The van der Waals surface area contributed by atoms with Crippen molar-refractivity contribution in [3.05, 3.63) is 22.2 Å². The van der Waals surface area contributed by atoms with Gasteiger partial charge in [0, 0.05) is 6.07 Å². The lowest BCUT2D eigenvalue weighted by molar-refractivity contribution is -0.380. The number of nitrogen functional groups attached to an aromatic ring is 1. The van der Waals surface area contributed by atoms with Crippen LogP contribution in [0, 0.1) is 10.1 Å². The Bertz CT molecular complexity index is 232. The van der Waals surface area contributed by atoms with E-state index in [0.717, 1.165) is 11.3 Å². The first-order chi connectivity index (χ1) is 4.20. The summed E-state index contributed by atoms with van der Waals surface area (Å²) >= 11 is 0.975. The van der Waals surface area contributed by atoms with Crippen LogP contribution in [0.5, 0.6) is 0 Å². The van der Waals surface area contributed by atoms with Crippen LogP contribution in [0.1, 0.15) is 0 Å². The fraction of sp³-hybridized carbons (Fsp3) is 0. The van der Waals surface area contributed by atoms with Crippen molar-refractivity contribution in [2.75, 3.05) is 5.73 Å². The molecule has 48 valence electrons. The maximum absolute atomic E-state index is 9.97. The monoisotopic (exact) mass is 144 g/mol. The second-order valence-corrected chi connectivity index (χ2v) is 2.53. The molecule has 4 nitrogen and oxygen atoms in total. The van der Waals surface area contributed by atoms with Gasteiger partial charge in [0.2, 0.25) is 0 Å². The van der Waals surface area contributed by atoms with E-state index < -0.39 is 4.92 Å². The summed E-state index contributed by atoms with van der Waals surface area (Å²) in [5, 5.41) is 10.5. The molecule has 0 unspecified atom stereocenters. The van der Waals surface area contributed by atoms with E-state index in [0.29, 0.717) is 5.00 Å². The van der Waals surface area contributed by atoms with Crippen LogP contribution in [0.4, 0.5) is 10.0 Å². The van der Waals surface area contributed by atoms with E-state index in [1.165, 1.54) is 12.1 Å². The minimum absolute atomic E-state index is 0.0903. The van der Waals surface area contributed by atoms with Crippen molar-refractivity contribution in [3.63, 3.8) is 0 Å². The second kappa shape index (κ2) is 2.02. The van der Waals surface area contributed by atoms with Crippen molar-refractivity contribution < 1.29 is 4.92 Å². The van der Waals surface area contributed by atoms with Gasteiger partial charge in [0.1, 0.15) is 0 Å².